The first-order chi connectivity index (χ1) is 6.26. The van der Waals surface area contributed by atoms with Gasteiger partial charge in [-0.3, -0.25) is 0 Å². The van der Waals surface area contributed by atoms with E-state index in [1.165, 1.54) is 19.3 Å². The Morgan fingerprint density at radius 1 is 1.15 bits per heavy atom. The molecule has 1 atom stereocenters. The molecule has 1 unspecified atom stereocenters. The minimum absolute atomic E-state index is 0.462. The van der Waals surface area contributed by atoms with Gasteiger partial charge in [0.2, 0.25) is 0 Å². The fourth-order valence-electron chi connectivity index (χ4n) is 2.59. The van der Waals surface area contributed by atoms with Crippen LogP contribution in [-0.2, 0) is 0 Å². The van der Waals surface area contributed by atoms with Crippen molar-refractivity contribution in [3.63, 3.8) is 0 Å². The van der Waals surface area contributed by atoms with E-state index >= 15 is 0 Å². The first-order valence-electron chi connectivity index (χ1n) is 5.27. The predicted octanol–water partition coefficient (Wildman–Crippen LogP) is 3.87. The Morgan fingerprint density at radius 3 is 2.62 bits per heavy atom. The zero-order valence-electron chi connectivity index (χ0n) is 8.59. The number of fused-ring (bicyclic) bond motifs is 1. The molecule has 2 rings (SSSR count). The molecular formula is C13H18. The molecule has 13 heavy (non-hydrogen) atoms. The van der Waals surface area contributed by atoms with Crippen LogP contribution in [0.15, 0.2) is 36.0 Å². The molecule has 0 nitrogen and oxygen atoms in total. The lowest BCUT2D eigenvalue weighted by Crippen LogP contribution is -2.31. The van der Waals surface area contributed by atoms with E-state index in [9.17, 15) is 0 Å². The van der Waals surface area contributed by atoms with Gasteiger partial charge in [-0.15, -0.1) is 0 Å². The predicted molar refractivity (Wildman–Crippen MR) is 57.5 cm³/mol. The van der Waals surface area contributed by atoms with Crippen LogP contribution in [0.3, 0.4) is 0 Å². The van der Waals surface area contributed by atoms with Gasteiger partial charge in [0.05, 0.1) is 0 Å². The molecule has 0 radical (unpaired) electrons. The highest BCUT2D eigenvalue weighted by atomic mass is 14.4. The summed E-state index contributed by atoms with van der Waals surface area (Å²) >= 11 is 0. The standard InChI is InChI=1S/C13H18/c1-11(2)13-9-5-3-7-12(13)8-4-6-10-13/h3-7,11H,8-10H2,1-2H3. The van der Waals surface area contributed by atoms with Crippen LogP contribution in [-0.4, -0.2) is 0 Å². The Kier molecular flexibility index (Phi) is 2.15. The Bertz CT molecular complexity index is 278. The first-order valence-corrected chi connectivity index (χ1v) is 5.27. The molecule has 0 aromatic rings. The third-order valence-corrected chi connectivity index (χ3v) is 3.65. The summed E-state index contributed by atoms with van der Waals surface area (Å²) in [6, 6.07) is 0. The van der Waals surface area contributed by atoms with Crippen molar-refractivity contribution in [1.82, 2.24) is 0 Å². The second kappa shape index (κ2) is 3.17. The summed E-state index contributed by atoms with van der Waals surface area (Å²) in [7, 11) is 0. The maximum atomic E-state index is 2.36. The molecular weight excluding hydrogens is 156 g/mol. The van der Waals surface area contributed by atoms with Crippen LogP contribution < -0.4 is 0 Å². The zero-order chi connectivity index (χ0) is 9.31. The SMILES string of the molecule is CC(C)C12CC=CC=C1CC=CC2. The van der Waals surface area contributed by atoms with Crippen LogP contribution in [0.2, 0.25) is 0 Å². The van der Waals surface area contributed by atoms with Crippen LogP contribution in [0, 0.1) is 11.3 Å². The molecule has 0 saturated heterocycles. The Balaban J connectivity index is 2.38. The molecule has 0 heteroatoms. The monoisotopic (exact) mass is 174 g/mol. The molecule has 0 N–H and O–H groups in total. The van der Waals surface area contributed by atoms with Crippen molar-refractivity contribution >= 4 is 0 Å². The Hall–Kier alpha value is -0.780. The zero-order valence-corrected chi connectivity index (χ0v) is 8.59. The quantitative estimate of drug-likeness (QED) is 0.529. The lowest BCUT2D eigenvalue weighted by molar-refractivity contribution is 0.238. The summed E-state index contributed by atoms with van der Waals surface area (Å²) in [6.07, 6.45) is 15.2. The highest BCUT2D eigenvalue weighted by molar-refractivity contribution is 5.32. The van der Waals surface area contributed by atoms with Gasteiger partial charge in [-0.2, -0.15) is 0 Å². The molecule has 0 spiro atoms. The van der Waals surface area contributed by atoms with Crippen molar-refractivity contribution in [2.45, 2.75) is 33.1 Å². The number of allylic oxidation sites excluding steroid dienone is 6. The van der Waals surface area contributed by atoms with Crippen molar-refractivity contribution in [2.24, 2.45) is 11.3 Å². The maximum Gasteiger partial charge on any atom is 0.00101 e. The third kappa shape index (κ3) is 1.29. The molecule has 0 aromatic heterocycles. The van der Waals surface area contributed by atoms with Crippen molar-refractivity contribution in [3.8, 4) is 0 Å². The summed E-state index contributed by atoms with van der Waals surface area (Å²) in [5.41, 5.74) is 2.11. The lowest BCUT2D eigenvalue weighted by Gasteiger charge is -2.42. The molecule has 0 fully saturated rings. The van der Waals surface area contributed by atoms with Gasteiger partial charge < -0.3 is 0 Å². The van der Waals surface area contributed by atoms with E-state index in [1.54, 1.807) is 5.57 Å². The van der Waals surface area contributed by atoms with Gasteiger partial charge >= 0.3 is 0 Å². The van der Waals surface area contributed by atoms with E-state index in [4.69, 9.17) is 0 Å². The molecule has 2 aliphatic rings. The molecule has 0 aromatic carbocycles. The van der Waals surface area contributed by atoms with Crippen molar-refractivity contribution < 1.29 is 0 Å². The van der Waals surface area contributed by atoms with Crippen molar-refractivity contribution in [1.29, 1.82) is 0 Å². The lowest BCUT2D eigenvalue weighted by atomic mass is 9.62. The van der Waals surface area contributed by atoms with Crippen LogP contribution in [0.25, 0.3) is 0 Å². The van der Waals surface area contributed by atoms with E-state index < -0.39 is 0 Å². The highest BCUT2D eigenvalue weighted by Gasteiger charge is 2.37. The van der Waals surface area contributed by atoms with Crippen LogP contribution in [0.5, 0.6) is 0 Å². The van der Waals surface area contributed by atoms with E-state index in [0.717, 1.165) is 5.92 Å². The molecule has 0 amide bonds. The van der Waals surface area contributed by atoms with E-state index in [2.05, 4.69) is 44.2 Å². The molecule has 0 aliphatic heterocycles. The van der Waals surface area contributed by atoms with E-state index in [-0.39, 0.29) is 0 Å². The average Bonchev–Trinajstić information content (AvgIpc) is 2.17. The van der Waals surface area contributed by atoms with Crippen LogP contribution in [0.1, 0.15) is 33.1 Å². The smallest absolute Gasteiger partial charge is 0.00101 e. The minimum atomic E-state index is 0.462. The summed E-state index contributed by atoms with van der Waals surface area (Å²) < 4.78 is 0. The molecule has 70 valence electrons. The Labute approximate surface area is 81.0 Å². The summed E-state index contributed by atoms with van der Waals surface area (Å²) in [5, 5.41) is 0. The second-order valence-corrected chi connectivity index (χ2v) is 4.51. The van der Waals surface area contributed by atoms with Crippen molar-refractivity contribution in [2.75, 3.05) is 0 Å². The normalized spacial score (nSPS) is 31.8. The maximum absolute atomic E-state index is 2.36. The van der Waals surface area contributed by atoms with E-state index in [1.807, 2.05) is 0 Å². The van der Waals surface area contributed by atoms with E-state index in [0.29, 0.717) is 5.41 Å². The third-order valence-electron chi connectivity index (χ3n) is 3.65. The summed E-state index contributed by atoms with van der Waals surface area (Å²) in [4.78, 5) is 0. The summed E-state index contributed by atoms with van der Waals surface area (Å²) in [5.74, 6) is 0.758. The molecule has 2 aliphatic carbocycles. The van der Waals surface area contributed by atoms with Crippen LogP contribution >= 0.6 is 0 Å². The largest absolute Gasteiger partial charge is 0.0873 e. The van der Waals surface area contributed by atoms with Crippen molar-refractivity contribution in [3.05, 3.63) is 36.0 Å². The molecule has 0 bridgehead atoms. The second-order valence-electron chi connectivity index (χ2n) is 4.51. The van der Waals surface area contributed by atoms with Gasteiger partial charge in [0.15, 0.2) is 0 Å². The average molecular weight is 174 g/mol. The minimum Gasteiger partial charge on any atom is -0.0873 e. The van der Waals surface area contributed by atoms with Gasteiger partial charge in [-0.05, 0) is 25.2 Å². The van der Waals surface area contributed by atoms with Crippen LogP contribution in [0.4, 0.5) is 0 Å². The number of hydrogen-bond donors (Lipinski definition) is 0. The molecule has 0 heterocycles. The van der Waals surface area contributed by atoms with Gasteiger partial charge in [-0.25, -0.2) is 0 Å². The van der Waals surface area contributed by atoms with Gasteiger partial charge in [0, 0.05) is 5.41 Å². The fraction of sp³-hybridized carbons (Fsp3) is 0.538. The van der Waals surface area contributed by atoms with Gasteiger partial charge in [0.25, 0.3) is 0 Å². The first kappa shape index (κ1) is 8.80. The van der Waals surface area contributed by atoms with Gasteiger partial charge in [-0.1, -0.05) is 49.8 Å². The van der Waals surface area contributed by atoms with Gasteiger partial charge in [0.1, 0.15) is 0 Å². The highest BCUT2D eigenvalue weighted by Crippen LogP contribution is 2.48. The number of hydrogen-bond acceptors (Lipinski definition) is 0. The summed E-state index contributed by atoms with van der Waals surface area (Å²) in [6.45, 7) is 4.71. The topological polar surface area (TPSA) is 0 Å². The Morgan fingerprint density at radius 2 is 1.92 bits per heavy atom. The fourth-order valence-corrected chi connectivity index (χ4v) is 2.59. The number of rotatable bonds is 1. The molecule has 0 saturated carbocycles.